The molecule has 0 aromatic carbocycles. The van der Waals surface area contributed by atoms with Crippen LogP contribution in [-0.4, -0.2) is 0 Å². The predicted molar refractivity (Wildman–Crippen MR) is 46.7 cm³/mol. The third-order valence-electron chi connectivity index (χ3n) is 0. The molecule has 0 N–H and O–H groups in total. The van der Waals surface area contributed by atoms with Crippen molar-refractivity contribution < 1.29 is 19.5 Å². The van der Waals surface area contributed by atoms with Crippen LogP contribution in [0.1, 0.15) is 0 Å². The molecule has 0 bridgehead atoms. The summed E-state index contributed by atoms with van der Waals surface area (Å²) < 4.78 is 0. The van der Waals surface area contributed by atoms with E-state index in [0.717, 1.165) is 0 Å². The maximum Gasteiger partial charge on any atom is 3.00 e. The van der Waals surface area contributed by atoms with Crippen molar-refractivity contribution >= 4 is 0 Å². The van der Waals surface area contributed by atoms with Gasteiger partial charge in [-0.1, -0.05) is 0 Å². The number of hydrogen-bond acceptors (Lipinski definition) is 0. The van der Waals surface area contributed by atoms with Crippen LogP contribution in [0.4, 0.5) is 0 Å². The van der Waals surface area contributed by atoms with Gasteiger partial charge in [-0.05, 0) is 0 Å². The molecule has 0 aromatic rings. The molecule has 1 heteroatoms. The van der Waals surface area contributed by atoms with Crippen LogP contribution >= 0.6 is 0 Å². The molecular weight excluding hydrogens is 209 g/mol. The topological polar surface area (TPSA) is 0 Å². The zero-order valence-corrected chi connectivity index (χ0v) is 8.07. The first-order valence-corrected chi connectivity index (χ1v) is 2.45. The minimum atomic E-state index is 0. The largest absolute Gasteiger partial charge is 3.00 e. The van der Waals surface area contributed by atoms with Crippen LogP contribution in [0.25, 0.3) is 0 Å². The van der Waals surface area contributed by atoms with Crippen LogP contribution in [0, 0.1) is 20.8 Å². The average Bonchev–Trinajstić information content (AvgIpc) is 1.70. The third-order valence-corrected chi connectivity index (χ3v) is 0. The molecule has 0 aromatic heterocycles. The molecule has 0 saturated heterocycles. The zero-order valence-electron chi connectivity index (χ0n) is 6.33. The number of allylic oxidation sites excluding steroid dienone is 3. The average molecular weight is 224 g/mol. The van der Waals surface area contributed by atoms with Crippen molar-refractivity contribution in [2.75, 3.05) is 0 Å². The van der Waals surface area contributed by atoms with Gasteiger partial charge in [0.1, 0.15) is 0 Å². The van der Waals surface area contributed by atoms with Crippen LogP contribution in [0.15, 0.2) is 38.0 Å². The Kier molecular flexibility index (Phi) is 177. The SMILES string of the molecule is C=C[CH2-].C=C[CH2-].C=C[CH2-].[Ru+3]. The molecule has 0 aliphatic carbocycles. The fourth-order valence-corrected chi connectivity index (χ4v) is 0. The van der Waals surface area contributed by atoms with Crippen molar-refractivity contribution in [2.24, 2.45) is 0 Å². The van der Waals surface area contributed by atoms with Crippen LogP contribution in [0.2, 0.25) is 0 Å². The van der Waals surface area contributed by atoms with Gasteiger partial charge in [0.2, 0.25) is 0 Å². The normalized spacial score (nSPS) is 3.60. The molecule has 0 fully saturated rings. The van der Waals surface area contributed by atoms with Crippen molar-refractivity contribution in [2.45, 2.75) is 0 Å². The van der Waals surface area contributed by atoms with Crippen molar-refractivity contribution in [3.63, 3.8) is 0 Å². The fraction of sp³-hybridized carbons (Fsp3) is 0. The molecule has 1 radical (unpaired) electrons. The molecule has 0 spiro atoms. The van der Waals surface area contributed by atoms with Crippen molar-refractivity contribution in [1.82, 2.24) is 0 Å². The molecule has 0 heterocycles. The molecule has 0 saturated carbocycles. The van der Waals surface area contributed by atoms with Gasteiger partial charge in [-0.2, -0.15) is 0 Å². The van der Waals surface area contributed by atoms with Crippen LogP contribution < -0.4 is 0 Å². The second-order valence-electron chi connectivity index (χ2n) is 0.866. The van der Waals surface area contributed by atoms with Gasteiger partial charge in [0.25, 0.3) is 0 Å². The van der Waals surface area contributed by atoms with Gasteiger partial charge in [0.05, 0.1) is 0 Å². The second-order valence-corrected chi connectivity index (χ2v) is 0.866. The smallest absolute Gasteiger partial charge is 0.245 e. The van der Waals surface area contributed by atoms with E-state index < -0.39 is 0 Å². The third kappa shape index (κ3) is 1040. The van der Waals surface area contributed by atoms with Gasteiger partial charge in [0.15, 0.2) is 0 Å². The van der Waals surface area contributed by atoms with Gasteiger partial charge in [-0.3, -0.25) is 0 Å². The maximum absolute atomic E-state index is 3.25. The van der Waals surface area contributed by atoms with Gasteiger partial charge in [0, 0.05) is 0 Å². The Hall–Kier alpha value is -0.547. The summed E-state index contributed by atoms with van der Waals surface area (Å²) >= 11 is 0. The second kappa shape index (κ2) is 78.0. The number of hydrogen-bond donors (Lipinski definition) is 0. The van der Waals surface area contributed by atoms with E-state index in [1.165, 1.54) is 18.2 Å². The van der Waals surface area contributed by atoms with E-state index >= 15 is 0 Å². The van der Waals surface area contributed by atoms with E-state index in [1.54, 1.807) is 0 Å². The van der Waals surface area contributed by atoms with E-state index in [4.69, 9.17) is 0 Å². The molecule has 0 unspecified atom stereocenters. The van der Waals surface area contributed by atoms with E-state index in [9.17, 15) is 0 Å². The summed E-state index contributed by atoms with van der Waals surface area (Å²) in [5.41, 5.74) is 0. The zero-order chi connectivity index (χ0) is 8.12. The molecule has 0 atom stereocenters. The molecule has 0 amide bonds. The van der Waals surface area contributed by atoms with Gasteiger partial charge >= 0.3 is 19.5 Å². The van der Waals surface area contributed by atoms with E-state index in [0.29, 0.717) is 0 Å². The van der Waals surface area contributed by atoms with Crippen LogP contribution in [0.3, 0.4) is 0 Å². The minimum Gasteiger partial charge on any atom is -0.245 e. The molecule has 0 rings (SSSR count). The molecule has 0 aliphatic heterocycles. The maximum atomic E-state index is 3.25. The van der Waals surface area contributed by atoms with Gasteiger partial charge in [-0.25, -0.2) is 58.7 Å². The summed E-state index contributed by atoms with van der Waals surface area (Å²) in [5.74, 6) is 0. The Labute approximate surface area is 78.5 Å². The summed E-state index contributed by atoms with van der Waals surface area (Å²) in [4.78, 5) is 0. The Morgan fingerprint density at radius 2 is 0.700 bits per heavy atom. The molecular formula is C9H15Ru. The summed E-state index contributed by atoms with van der Waals surface area (Å²) in [6.45, 7) is 19.5. The monoisotopic (exact) mass is 225 g/mol. The number of rotatable bonds is 0. The van der Waals surface area contributed by atoms with E-state index in [1.807, 2.05) is 0 Å². The fourth-order valence-electron chi connectivity index (χ4n) is 0. The Morgan fingerprint density at radius 1 is 0.700 bits per heavy atom. The molecule has 0 aliphatic rings. The van der Waals surface area contributed by atoms with Gasteiger partial charge < -0.3 is 0 Å². The summed E-state index contributed by atoms with van der Waals surface area (Å²) in [6, 6.07) is 0. The van der Waals surface area contributed by atoms with E-state index in [2.05, 4.69) is 40.5 Å². The molecule has 10 heavy (non-hydrogen) atoms. The summed E-state index contributed by atoms with van der Waals surface area (Å²) in [7, 11) is 0. The summed E-state index contributed by atoms with van der Waals surface area (Å²) in [5, 5.41) is 0. The Bertz CT molecular complexity index is 41.5. The van der Waals surface area contributed by atoms with Gasteiger partial charge in [-0.15, -0.1) is 0 Å². The molecule has 59 valence electrons. The quantitative estimate of drug-likeness (QED) is 0.438. The van der Waals surface area contributed by atoms with Crippen molar-refractivity contribution in [1.29, 1.82) is 0 Å². The Balaban J connectivity index is -0.0000000257. The predicted octanol–water partition coefficient (Wildman–Crippen LogP) is 3.02. The van der Waals surface area contributed by atoms with E-state index in [-0.39, 0.29) is 19.5 Å². The first kappa shape index (κ1) is 22.7. The Morgan fingerprint density at radius 3 is 0.700 bits per heavy atom. The summed E-state index contributed by atoms with van der Waals surface area (Å²) in [6.07, 6.45) is 4.50. The standard InChI is InChI=1S/3C3H5.Ru/c3*1-3-2;/h3*3H,1-2H2;/q3*-1;+3. The minimum absolute atomic E-state index is 0. The van der Waals surface area contributed by atoms with Crippen LogP contribution in [-0.2, 0) is 19.5 Å². The van der Waals surface area contributed by atoms with Crippen molar-refractivity contribution in [3.8, 4) is 0 Å². The first-order valence-electron chi connectivity index (χ1n) is 2.45. The first-order chi connectivity index (χ1) is 4.24. The van der Waals surface area contributed by atoms with Crippen LogP contribution in [0.5, 0.6) is 0 Å². The molecule has 0 nitrogen and oxygen atoms in total. The van der Waals surface area contributed by atoms with Crippen molar-refractivity contribution in [3.05, 3.63) is 58.7 Å².